The molecular formula is C10H20N2O. The molecule has 3 heteroatoms. The molecule has 0 aromatic rings. The van der Waals surface area contributed by atoms with Gasteiger partial charge in [0.25, 0.3) is 0 Å². The van der Waals surface area contributed by atoms with E-state index in [0.29, 0.717) is 5.84 Å². The standard InChI is InChI=1S/C10H20N2O/c1-7-10(4,13)9(12(5)6)11-8(2)3/h7-8,13H,1H2,2-6H3. The Labute approximate surface area is 80.8 Å². The Bertz CT molecular complexity index is 205. The molecule has 0 spiro atoms. The molecule has 0 bridgehead atoms. The lowest BCUT2D eigenvalue weighted by Gasteiger charge is -2.27. The fourth-order valence-corrected chi connectivity index (χ4v) is 1.03. The summed E-state index contributed by atoms with van der Waals surface area (Å²) in [5, 5.41) is 9.91. The lowest BCUT2D eigenvalue weighted by Crippen LogP contribution is -2.42. The Morgan fingerprint density at radius 2 is 2.00 bits per heavy atom. The molecule has 76 valence electrons. The van der Waals surface area contributed by atoms with E-state index < -0.39 is 5.60 Å². The summed E-state index contributed by atoms with van der Waals surface area (Å²) in [6, 6.07) is 0.170. The molecule has 1 atom stereocenters. The van der Waals surface area contributed by atoms with Crippen LogP contribution in [0.3, 0.4) is 0 Å². The van der Waals surface area contributed by atoms with Gasteiger partial charge in [0.05, 0.1) is 0 Å². The highest BCUT2D eigenvalue weighted by molar-refractivity contribution is 5.91. The van der Waals surface area contributed by atoms with Crippen molar-refractivity contribution in [1.29, 1.82) is 0 Å². The number of aliphatic imine (C=N–C) groups is 1. The third-order valence-corrected chi connectivity index (χ3v) is 1.65. The van der Waals surface area contributed by atoms with Crippen LogP contribution in [0.25, 0.3) is 0 Å². The minimum atomic E-state index is -1.05. The SMILES string of the molecule is C=CC(C)(O)C(=NC(C)C)N(C)C. The smallest absolute Gasteiger partial charge is 0.136 e. The van der Waals surface area contributed by atoms with Crippen LogP contribution in [0.4, 0.5) is 0 Å². The van der Waals surface area contributed by atoms with Crippen LogP contribution in [0.15, 0.2) is 17.6 Å². The van der Waals surface area contributed by atoms with E-state index in [1.807, 2.05) is 32.8 Å². The summed E-state index contributed by atoms with van der Waals surface area (Å²) in [6.45, 7) is 9.22. The number of amidine groups is 1. The van der Waals surface area contributed by atoms with Crippen LogP contribution in [0.2, 0.25) is 0 Å². The van der Waals surface area contributed by atoms with Crippen molar-refractivity contribution in [1.82, 2.24) is 4.90 Å². The Morgan fingerprint density at radius 1 is 1.54 bits per heavy atom. The van der Waals surface area contributed by atoms with Gasteiger partial charge in [0.2, 0.25) is 0 Å². The monoisotopic (exact) mass is 184 g/mol. The van der Waals surface area contributed by atoms with Gasteiger partial charge in [-0.2, -0.15) is 0 Å². The van der Waals surface area contributed by atoms with Crippen LogP contribution in [0.5, 0.6) is 0 Å². The first-order chi connectivity index (χ1) is 5.81. The average molecular weight is 184 g/mol. The molecule has 1 N–H and O–H groups in total. The topological polar surface area (TPSA) is 35.8 Å². The van der Waals surface area contributed by atoms with Gasteiger partial charge in [0, 0.05) is 20.1 Å². The maximum Gasteiger partial charge on any atom is 0.136 e. The van der Waals surface area contributed by atoms with Gasteiger partial charge in [-0.3, -0.25) is 4.99 Å². The van der Waals surface area contributed by atoms with Crippen LogP contribution < -0.4 is 0 Å². The molecule has 0 aliphatic carbocycles. The molecule has 0 aromatic heterocycles. The van der Waals surface area contributed by atoms with Gasteiger partial charge in [-0.25, -0.2) is 0 Å². The molecule has 0 radical (unpaired) electrons. The number of aliphatic hydroxyl groups is 1. The molecule has 0 aliphatic heterocycles. The van der Waals surface area contributed by atoms with Crippen LogP contribution in [-0.2, 0) is 0 Å². The van der Waals surface area contributed by atoms with E-state index >= 15 is 0 Å². The van der Waals surface area contributed by atoms with Crippen molar-refractivity contribution in [2.24, 2.45) is 4.99 Å². The first kappa shape index (κ1) is 12.2. The van der Waals surface area contributed by atoms with E-state index in [0.717, 1.165) is 0 Å². The van der Waals surface area contributed by atoms with Crippen molar-refractivity contribution in [3.05, 3.63) is 12.7 Å². The summed E-state index contributed by atoms with van der Waals surface area (Å²) in [5.74, 6) is 0.637. The Hall–Kier alpha value is -0.830. The molecule has 0 aromatic carbocycles. The predicted octanol–water partition coefficient (Wildman–Crippen LogP) is 1.29. The van der Waals surface area contributed by atoms with E-state index in [1.165, 1.54) is 6.08 Å². The van der Waals surface area contributed by atoms with Gasteiger partial charge >= 0.3 is 0 Å². The normalized spacial score (nSPS) is 17.0. The lowest BCUT2D eigenvalue weighted by molar-refractivity contribution is 0.170. The zero-order chi connectivity index (χ0) is 10.6. The van der Waals surface area contributed by atoms with Gasteiger partial charge < -0.3 is 10.0 Å². The lowest BCUT2D eigenvalue weighted by atomic mass is 10.1. The Morgan fingerprint density at radius 3 is 2.23 bits per heavy atom. The first-order valence-electron chi connectivity index (χ1n) is 4.43. The summed E-state index contributed by atoms with van der Waals surface area (Å²) in [5.41, 5.74) is -1.05. The van der Waals surface area contributed by atoms with Crippen molar-refractivity contribution < 1.29 is 5.11 Å². The van der Waals surface area contributed by atoms with Gasteiger partial charge in [-0.05, 0) is 20.8 Å². The molecule has 0 aliphatic rings. The number of hydrogen-bond donors (Lipinski definition) is 1. The number of hydrogen-bond acceptors (Lipinski definition) is 2. The second-order valence-electron chi connectivity index (χ2n) is 3.79. The second-order valence-corrected chi connectivity index (χ2v) is 3.79. The summed E-state index contributed by atoms with van der Waals surface area (Å²) >= 11 is 0. The number of nitrogens with zero attached hydrogens (tertiary/aromatic N) is 2. The zero-order valence-electron chi connectivity index (χ0n) is 9.20. The summed E-state index contributed by atoms with van der Waals surface area (Å²) < 4.78 is 0. The second kappa shape index (κ2) is 4.42. The minimum absolute atomic E-state index is 0.170. The maximum absolute atomic E-state index is 9.91. The van der Waals surface area contributed by atoms with Crippen LogP contribution in [0, 0.1) is 0 Å². The third kappa shape index (κ3) is 3.59. The van der Waals surface area contributed by atoms with E-state index in [-0.39, 0.29) is 6.04 Å². The van der Waals surface area contributed by atoms with Crippen molar-refractivity contribution in [3.63, 3.8) is 0 Å². The third-order valence-electron chi connectivity index (χ3n) is 1.65. The predicted molar refractivity (Wildman–Crippen MR) is 57.1 cm³/mol. The summed E-state index contributed by atoms with van der Waals surface area (Å²) in [7, 11) is 3.72. The maximum atomic E-state index is 9.91. The molecule has 13 heavy (non-hydrogen) atoms. The first-order valence-corrected chi connectivity index (χ1v) is 4.43. The summed E-state index contributed by atoms with van der Waals surface area (Å²) in [6.07, 6.45) is 1.49. The molecule has 0 saturated heterocycles. The van der Waals surface area contributed by atoms with Crippen molar-refractivity contribution >= 4 is 5.84 Å². The van der Waals surface area contributed by atoms with Crippen LogP contribution in [-0.4, -0.2) is 41.6 Å². The van der Waals surface area contributed by atoms with Gasteiger partial charge in [-0.15, -0.1) is 0 Å². The highest BCUT2D eigenvalue weighted by atomic mass is 16.3. The van der Waals surface area contributed by atoms with Gasteiger partial charge in [-0.1, -0.05) is 12.7 Å². The van der Waals surface area contributed by atoms with Crippen molar-refractivity contribution in [2.45, 2.75) is 32.4 Å². The number of rotatable bonds is 3. The molecule has 3 nitrogen and oxygen atoms in total. The van der Waals surface area contributed by atoms with E-state index in [9.17, 15) is 5.11 Å². The molecule has 0 fully saturated rings. The fraction of sp³-hybridized carbons (Fsp3) is 0.700. The van der Waals surface area contributed by atoms with Crippen LogP contribution >= 0.6 is 0 Å². The zero-order valence-corrected chi connectivity index (χ0v) is 9.20. The van der Waals surface area contributed by atoms with Crippen LogP contribution in [0.1, 0.15) is 20.8 Å². The minimum Gasteiger partial charge on any atom is -0.378 e. The quantitative estimate of drug-likeness (QED) is 0.407. The largest absolute Gasteiger partial charge is 0.378 e. The van der Waals surface area contributed by atoms with Crippen molar-refractivity contribution in [2.75, 3.05) is 14.1 Å². The Balaban J connectivity index is 4.92. The van der Waals surface area contributed by atoms with Crippen molar-refractivity contribution in [3.8, 4) is 0 Å². The molecule has 0 rings (SSSR count). The van der Waals surface area contributed by atoms with E-state index in [4.69, 9.17) is 0 Å². The van der Waals surface area contributed by atoms with E-state index in [2.05, 4.69) is 11.6 Å². The Kier molecular flexibility index (Phi) is 4.14. The molecular weight excluding hydrogens is 164 g/mol. The molecule has 0 heterocycles. The highest BCUT2D eigenvalue weighted by Gasteiger charge is 2.25. The highest BCUT2D eigenvalue weighted by Crippen LogP contribution is 2.10. The number of likely N-dealkylation sites (N-methyl/N-ethyl adjacent to an activating group) is 1. The van der Waals surface area contributed by atoms with Gasteiger partial charge in [0.15, 0.2) is 0 Å². The molecule has 1 unspecified atom stereocenters. The van der Waals surface area contributed by atoms with Gasteiger partial charge in [0.1, 0.15) is 11.4 Å². The molecule has 0 saturated carbocycles. The van der Waals surface area contributed by atoms with E-state index in [1.54, 1.807) is 6.92 Å². The average Bonchev–Trinajstić information content (AvgIpc) is 1.99. The molecule has 0 amide bonds. The fourth-order valence-electron chi connectivity index (χ4n) is 1.03. The summed E-state index contributed by atoms with van der Waals surface area (Å²) in [4.78, 5) is 6.15.